The maximum absolute atomic E-state index is 2.38. The standard InChI is InChI=1S/C32H34S/c1-21-9-22(2)14-29(13-21)30-15-25(5)11-27(19-30)7-8-28-12-26(6)18-32(20-28)33-31-16-23(3)10-24(4)17-31/h9-20H,7-8H2,1-6H3. The fraction of sp³-hybridized carbons (Fsp3) is 0.250. The molecule has 0 atom stereocenters. The average Bonchev–Trinajstić information content (AvgIpc) is 2.70. The molecule has 4 aromatic rings. The predicted molar refractivity (Wildman–Crippen MR) is 145 cm³/mol. The van der Waals surface area contributed by atoms with Gasteiger partial charge in [-0.05, 0) is 118 Å². The Morgan fingerprint density at radius 1 is 0.394 bits per heavy atom. The first kappa shape index (κ1) is 23.4. The maximum atomic E-state index is 2.38. The third kappa shape index (κ3) is 6.39. The molecule has 0 nitrogen and oxygen atoms in total. The summed E-state index contributed by atoms with van der Waals surface area (Å²) in [5.74, 6) is 0. The highest BCUT2D eigenvalue weighted by molar-refractivity contribution is 7.99. The second kappa shape index (κ2) is 10.0. The molecule has 0 amide bonds. The van der Waals surface area contributed by atoms with Crippen LogP contribution in [0.2, 0.25) is 0 Å². The van der Waals surface area contributed by atoms with E-state index in [-0.39, 0.29) is 0 Å². The second-order valence-electron chi connectivity index (χ2n) is 9.66. The molecule has 0 fully saturated rings. The zero-order valence-electron chi connectivity index (χ0n) is 20.8. The summed E-state index contributed by atoms with van der Waals surface area (Å²) in [4.78, 5) is 2.65. The minimum absolute atomic E-state index is 1.05. The molecule has 0 saturated carbocycles. The van der Waals surface area contributed by atoms with Crippen LogP contribution in [0.25, 0.3) is 11.1 Å². The molecule has 0 aromatic heterocycles. The SMILES string of the molecule is Cc1cc(C)cc(Sc2cc(C)cc(CCc3cc(C)cc(-c4cc(C)cc(C)c4)c3)c2)c1. The summed E-state index contributed by atoms with van der Waals surface area (Å²) < 4.78 is 0. The van der Waals surface area contributed by atoms with Crippen molar-refractivity contribution in [3.63, 3.8) is 0 Å². The normalized spacial score (nSPS) is 11.1. The van der Waals surface area contributed by atoms with Crippen LogP contribution >= 0.6 is 11.8 Å². The zero-order chi connectivity index (χ0) is 23.5. The zero-order valence-corrected chi connectivity index (χ0v) is 21.6. The van der Waals surface area contributed by atoms with Gasteiger partial charge in [0.1, 0.15) is 0 Å². The lowest BCUT2D eigenvalue weighted by atomic mass is 9.95. The van der Waals surface area contributed by atoms with E-state index in [4.69, 9.17) is 0 Å². The van der Waals surface area contributed by atoms with Gasteiger partial charge in [-0.1, -0.05) is 77.0 Å². The lowest BCUT2D eigenvalue weighted by Crippen LogP contribution is -1.95. The maximum Gasteiger partial charge on any atom is 0.0127 e. The molecule has 0 unspecified atom stereocenters. The molecular formula is C32H34S. The van der Waals surface area contributed by atoms with E-state index < -0.39 is 0 Å². The average molecular weight is 451 g/mol. The minimum Gasteiger partial charge on any atom is -0.0901 e. The van der Waals surface area contributed by atoms with Gasteiger partial charge in [-0.3, -0.25) is 0 Å². The van der Waals surface area contributed by atoms with E-state index in [1.165, 1.54) is 65.4 Å². The van der Waals surface area contributed by atoms with Crippen molar-refractivity contribution in [1.29, 1.82) is 0 Å². The summed E-state index contributed by atoms with van der Waals surface area (Å²) in [5, 5.41) is 0. The van der Waals surface area contributed by atoms with Gasteiger partial charge in [-0.2, -0.15) is 0 Å². The Bertz CT molecular complexity index is 1260. The molecule has 0 aliphatic heterocycles. The van der Waals surface area contributed by atoms with Gasteiger partial charge in [0, 0.05) is 9.79 Å². The fourth-order valence-electron chi connectivity index (χ4n) is 4.76. The molecule has 0 radical (unpaired) electrons. The Balaban J connectivity index is 1.54. The first-order valence-corrected chi connectivity index (χ1v) is 12.6. The highest BCUT2D eigenvalue weighted by Gasteiger charge is 2.07. The van der Waals surface area contributed by atoms with Gasteiger partial charge in [-0.15, -0.1) is 0 Å². The molecular weight excluding hydrogens is 416 g/mol. The quantitative estimate of drug-likeness (QED) is 0.282. The number of rotatable bonds is 6. The molecule has 4 rings (SSSR count). The molecule has 0 aliphatic carbocycles. The smallest absolute Gasteiger partial charge is 0.0127 e. The van der Waals surface area contributed by atoms with Crippen LogP contribution in [0.3, 0.4) is 0 Å². The van der Waals surface area contributed by atoms with Gasteiger partial charge in [0.15, 0.2) is 0 Å². The van der Waals surface area contributed by atoms with E-state index in [1.807, 2.05) is 11.8 Å². The molecule has 168 valence electrons. The summed E-state index contributed by atoms with van der Waals surface area (Å²) in [6, 6.07) is 27.7. The van der Waals surface area contributed by atoms with E-state index in [1.54, 1.807) is 0 Å². The molecule has 0 saturated heterocycles. The van der Waals surface area contributed by atoms with Crippen LogP contribution in [-0.4, -0.2) is 0 Å². The third-order valence-electron chi connectivity index (χ3n) is 5.94. The van der Waals surface area contributed by atoms with Crippen LogP contribution < -0.4 is 0 Å². The van der Waals surface area contributed by atoms with E-state index in [2.05, 4.69) is 114 Å². The van der Waals surface area contributed by atoms with Crippen molar-refractivity contribution >= 4 is 11.8 Å². The lowest BCUT2D eigenvalue weighted by molar-refractivity contribution is 0.950. The number of hydrogen-bond donors (Lipinski definition) is 0. The monoisotopic (exact) mass is 450 g/mol. The molecule has 0 N–H and O–H groups in total. The van der Waals surface area contributed by atoms with Crippen molar-refractivity contribution in [3.8, 4) is 11.1 Å². The predicted octanol–water partition coefficient (Wildman–Crippen LogP) is 9.14. The van der Waals surface area contributed by atoms with Gasteiger partial charge in [0.2, 0.25) is 0 Å². The van der Waals surface area contributed by atoms with Crippen LogP contribution in [0, 0.1) is 41.5 Å². The van der Waals surface area contributed by atoms with E-state index in [9.17, 15) is 0 Å². The van der Waals surface area contributed by atoms with Crippen LogP contribution in [-0.2, 0) is 12.8 Å². The van der Waals surface area contributed by atoms with Crippen molar-refractivity contribution < 1.29 is 0 Å². The molecule has 4 aromatic carbocycles. The largest absolute Gasteiger partial charge is 0.0901 e. The van der Waals surface area contributed by atoms with Crippen LogP contribution in [0.5, 0.6) is 0 Å². The first-order valence-electron chi connectivity index (χ1n) is 11.8. The van der Waals surface area contributed by atoms with Gasteiger partial charge in [-0.25, -0.2) is 0 Å². The Kier molecular flexibility index (Phi) is 7.10. The highest BCUT2D eigenvalue weighted by Crippen LogP contribution is 2.31. The summed E-state index contributed by atoms with van der Waals surface area (Å²) in [5.41, 5.74) is 13.4. The second-order valence-corrected chi connectivity index (χ2v) is 10.8. The fourth-order valence-corrected chi connectivity index (χ4v) is 5.98. The molecule has 0 aliphatic rings. The number of aryl methyl sites for hydroxylation is 8. The van der Waals surface area contributed by atoms with Gasteiger partial charge in [0.05, 0.1) is 0 Å². The van der Waals surface area contributed by atoms with Crippen LogP contribution in [0.15, 0.2) is 82.6 Å². The number of benzene rings is 4. The minimum atomic E-state index is 1.05. The van der Waals surface area contributed by atoms with Crippen molar-refractivity contribution in [2.45, 2.75) is 64.2 Å². The van der Waals surface area contributed by atoms with Crippen LogP contribution in [0.4, 0.5) is 0 Å². The summed E-state index contributed by atoms with van der Waals surface area (Å²) in [6.07, 6.45) is 2.11. The lowest BCUT2D eigenvalue weighted by Gasteiger charge is -2.12. The van der Waals surface area contributed by atoms with Crippen LogP contribution in [0.1, 0.15) is 44.5 Å². The Morgan fingerprint density at radius 2 is 0.758 bits per heavy atom. The highest BCUT2D eigenvalue weighted by atomic mass is 32.2. The summed E-state index contributed by atoms with van der Waals surface area (Å²) >= 11 is 1.87. The van der Waals surface area contributed by atoms with E-state index >= 15 is 0 Å². The van der Waals surface area contributed by atoms with Crippen molar-refractivity contribution in [3.05, 3.63) is 117 Å². The molecule has 1 heteroatoms. The molecule has 33 heavy (non-hydrogen) atoms. The van der Waals surface area contributed by atoms with E-state index in [0.29, 0.717) is 0 Å². The van der Waals surface area contributed by atoms with Gasteiger partial charge >= 0.3 is 0 Å². The Morgan fingerprint density at radius 3 is 1.30 bits per heavy atom. The Hall–Kier alpha value is -2.77. The van der Waals surface area contributed by atoms with Crippen molar-refractivity contribution in [1.82, 2.24) is 0 Å². The molecule has 0 bridgehead atoms. The number of hydrogen-bond acceptors (Lipinski definition) is 1. The summed E-state index contributed by atoms with van der Waals surface area (Å²) in [7, 11) is 0. The van der Waals surface area contributed by atoms with E-state index in [0.717, 1.165) is 12.8 Å². The van der Waals surface area contributed by atoms with Crippen molar-refractivity contribution in [2.24, 2.45) is 0 Å². The first-order chi connectivity index (χ1) is 15.7. The summed E-state index contributed by atoms with van der Waals surface area (Å²) in [6.45, 7) is 13.1. The molecule has 0 heterocycles. The Labute approximate surface area is 204 Å². The van der Waals surface area contributed by atoms with Gasteiger partial charge < -0.3 is 0 Å². The third-order valence-corrected chi connectivity index (χ3v) is 6.88. The molecule has 0 spiro atoms. The van der Waals surface area contributed by atoms with Crippen molar-refractivity contribution in [2.75, 3.05) is 0 Å². The topological polar surface area (TPSA) is 0 Å². The van der Waals surface area contributed by atoms with Gasteiger partial charge in [0.25, 0.3) is 0 Å².